The van der Waals surface area contributed by atoms with E-state index in [2.05, 4.69) is 68.3 Å². The second kappa shape index (κ2) is 8.23. The van der Waals surface area contributed by atoms with Crippen LogP contribution in [0.4, 0.5) is 16.5 Å². The Hall–Kier alpha value is -2.66. The third-order valence-electron chi connectivity index (χ3n) is 5.71. The van der Waals surface area contributed by atoms with E-state index in [1.54, 1.807) is 23.2 Å². The Morgan fingerprint density at radius 1 is 1.10 bits per heavy atom. The predicted octanol–water partition coefficient (Wildman–Crippen LogP) is 6.01. The lowest BCUT2D eigenvalue weighted by Crippen LogP contribution is -2.29. The number of aromatic nitrogens is 1. The van der Waals surface area contributed by atoms with Crippen LogP contribution in [0.25, 0.3) is 0 Å². The van der Waals surface area contributed by atoms with Crippen LogP contribution < -0.4 is 9.80 Å². The fraction of sp³-hybridized carbons (Fsp3) is 0.360. The van der Waals surface area contributed by atoms with Crippen molar-refractivity contribution in [3.63, 3.8) is 0 Å². The summed E-state index contributed by atoms with van der Waals surface area (Å²) in [5.41, 5.74) is 9.41. The summed E-state index contributed by atoms with van der Waals surface area (Å²) in [6.07, 6.45) is 2.30. The average molecular weight is 420 g/mol. The highest BCUT2D eigenvalue weighted by Gasteiger charge is 2.23. The Morgan fingerprint density at radius 3 is 2.53 bits per heavy atom. The van der Waals surface area contributed by atoms with Crippen LogP contribution in [0, 0.1) is 27.7 Å². The zero-order chi connectivity index (χ0) is 21.4. The molecule has 0 aliphatic carbocycles. The largest absolute Gasteiger partial charge is 0.365 e. The fourth-order valence-electron chi connectivity index (χ4n) is 4.55. The van der Waals surface area contributed by atoms with Crippen molar-refractivity contribution in [2.24, 2.45) is 0 Å². The van der Waals surface area contributed by atoms with E-state index in [4.69, 9.17) is 4.98 Å². The van der Waals surface area contributed by atoms with Gasteiger partial charge >= 0.3 is 0 Å². The lowest BCUT2D eigenvalue weighted by Gasteiger charge is -2.31. The molecule has 4 rings (SSSR count). The number of aryl methyl sites for hydroxylation is 5. The Balaban J connectivity index is 1.63. The molecule has 156 valence electrons. The molecule has 0 saturated carbocycles. The van der Waals surface area contributed by atoms with Gasteiger partial charge in [0, 0.05) is 24.5 Å². The number of benzene rings is 2. The van der Waals surface area contributed by atoms with Gasteiger partial charge in [0.05, 0.1) is 17.9 Å². The first kappa shape index (κ1) is 20.6. The van der Waals surface area contributed by atoms with Crippen molar-refractivity contribution in [3.05, 3.63) is 69.2 Å². The Labute approximate surface area is 183 Å². The number of carbonyl (C=O) groups is 1. The minimum Gasteiger partial charge on any atom is -0.365 e. The molecule has 0 atom stereocenters. The van der Waals surface area contributed by atoms with Gasteiger partial charge in [-0.25, -0.2) is 4.98 Å². The van der Waals surface area contributed by atoms with Gasteiger partial charge in [-0.05, 0) is 63.3 Å². The number of thiazole rings is 1. The quantitative estimate of drug-likeness (QED) is 0.519. The van der Waals surface area contributed by atoms with Gasteiger partial charge in [-0.3, -0.25) is 9.69 Å². The van der Waals surface area contributed by atoms with Gasteiger partial charge < -0.3 is 4.90 Å². The normalized spacial score (nSPS) is 13.3. The van der Waals surface area contributed by atoms with Crippen LogP contribution in [0.1, 0.15) is 46.9 Å². The predicted molar refractivity (Wildman–Crippen MR) is 126 cm³/mol. The monoisotopic (exact) mass is 419 g/mol. The molecule has 0 unspecified atom stereocenters. The zero-order valence-electron chi connectivity index (χ0n) is 18.5. The summed E-state index contributed by atoms with van der Waals surface area (Å²) < 4.78 is 0. The van der Waals surface area contributed by atoms with Gasteiger partial charge in [0.1, 0.15) is 0 Å². The first-order chi connectivity index (χ1) is 14.3. The average Bonchev–Trinajstić information content (AvgIpc) is 3.12. The summed E-state index contributed by atoms with van der Waals surface area (Å²) in [5, 5.41) is 2.83. The molecule has 0 bridgehead atoms. The molecule has 0 saturated heterocycles. The number of hydrogen-bond acceptors (Lipinski definition) is 4. The highest BCUT2D eigenvalue weighted by atomic mass is 32.1. The number of anilines is 3. The molecule has 0 spiro atoms. The van der Waals surface area contributed by atoms with Crippen LogP contribution in [-0.2, 0) is 17.8 Å². The maximum Gasteiger partial charge on any atom is 0.230 e. The van der Waals surface area contributed by atoms with E-state index in [1.165, 1.54) is 22.4 Å². The number of fused-ring (bicyclic) bond motifs is 1. The van der Waals surface area contributed by atoms with E-state index < -0.39 is 0 Å². The lowest BCUT2D eigenvalue weighted by atomic mass is 9.99. The maximum absolute atomic E-state index is 12.6. The Morgan fingerprint density at radius 2 is 1.83 bits per heavy atom. The van der Waals surface area contributed by atoms with Gasteiger partial charge in [0.25, 0.3) is 0 Å². The van der Waals surface area contributed by atoms with Crippen LogP contribution >= 0.6 is 11.3 Å². The second-order valence-electron chi connectivity index (χ2n) is 8.38. The van der Waals surface area contributed by atoms with Crippen molar-refractivity contribution >= 4 is 33.8 Å². The molecule has 4 nitrogen and oxygen atoms in total. The van der Waals surface area contributed by atoms with Crippen LogP contribution in [0.15, 0.2) is 35.7 Å². The van der Waals surface area contributed by atoms with Gasteiger partial charge in [0.2, 0.25) is 5.91 Å². The number of carbonyl (C=O) groups excluding carboxylic acids is 1. The molecule has 30 heavy (non-hydrogen) atoms. The first-order valence-electron chi connectivity index (χ1n) is 10.5. The summed E-state index contributed by atoms with van der Waals surface area (Å²) in [5.74, 6) is -0.00949. The van der Waals surface area contributed by atoms with Crippen LogP contribution in [0.5, 0.6) is 0 Å². The van der Waals surface area contributed by atoms with Crippen molar-refractivity contribution in [3.8, 4) is 0 Å². The zero-order valence-corrected chi connectivity index (χ0v) is 19.3. The topological polar surface area (TPSA) is 36.4 Å². The van der Waals surface area contributed by atoms with Crippen molar-refractivity contribution in [2.45, 2.75) is 54.0 Å². The minimum atomic E-state index is -0.00949. The molecule has 0 fully saturated rings. The third kappa shape index (κ3) is 3.99. The van der Waals surface area contributed by atoms with Crippen molar-refractivity contribution in [1.82, 2.24) is 4.98 Å². The SMILES string of the molecule is CC(=O)N(c1nc(CN2CCCc3cc(C)ccc32)cs1)c1c(C)cc(C)cc1C. The fourth-order valence-corrected chi connectivity index (χ4v) is 5.41. The minimum absolute atomic E-state index is 0.00949. The summed E-state index contributed by atoms with van der Waals surface area (Å²) in [6.45, 7) is 11.8. The van der Waals surface area contributed by atoms with Gasteiger partial charge in [-0.15, -0.1) is 11.3 Å². The molecule has 0 N–H and O–H groups in total. The Bertz CT molecular complexity index is 1080. The van der Waals surface area contributed by atoms with Crippen molar-refractivity contribution in [2.75, 3.05) is 16.3 Å². The molecule has 3 aromatic rings. The number of hydrogen-bond donors (Lipinski definition) is 0. The lowest BCUT2D eigenvalue weighted by molar-refractivity contribution is -0.115. The summed E-state index contributed by atoms with van der Waals surface area (Å²) >= 11 is 1.54. The molecule has 2 aromatic carbocycles. The van der Waals surface area contributed by atoms with Gasteiger partial charge in [-0.1, -0.05) is 35.4 Å². The number of rotatable bonds is 4. The number of amides is 1. The van der Waals surface area contributed by atoms with Crippen LogP contribution in [-0.4, -0.2) is 17.4 Å². The van der Waals surface area contributed by atoms with Gasteiger partial charge in [-0.2, -0.15) is 0 Å². The molecule has 1 aliphatic heterocycles. The summed E-state index contributed by atoms with van der Waals surface area (Å²) in [6, 6.07) is 11.0. The van der Waals surface area contributed by atoms with Crippen LogP contribution in [0.2, 0.25) is 0 Å². The van der Waals surface area contributed by atoms with E-state index in [-0.39, 0.29) is 5.91 Å². The van der Waals surface area contributed by atoms with E-state index in [0.29, 0.717) is 0 Å². The smallest absolute Gasteiger partial charge is 0.230 e. The van der Waals surface area contributed by atoms with Crippen LogP contribution in [0.3, 0.4) is 0 Å². The maximum atomic E-state index is 12.6. The molecule has 5 heteroatoms. The second-order valence-corrected chi connectivity index (χ2v) is 9.22. The number of nitrogens with zero attached hydrogens (tertiary/aromatic N) is 3. The van der Waals surface area contributed by atoms with E-state index in [0.717, 1.165) is 53.6 Å². The molecular weight excluding hydrogens is 390 g/mol. The van der Waals surface area contributed by atoms with Crippen molar-refractivity contribution in [1.29, 1.82) is 0 Å². The molecule has 1 amide bonds. The van der Waals surface area contributed by atoms with E-state index in [9.17, 15) is 4.79 Å². The molecule has 1 aliphatic rings. The molecule has 1 aromatic heterocycles. The molecule has 2 heterocycles. The highest BCUT2D eigenvalue weighted by Crippen LogP contribution is 2.35. The standard InChI is InChI=1S/C25H29N3OS/c1-16-8-9-23-21(13-16)7-6-10-27(23)14-22-15-30-25(26-22)28(20(5)29)24-18(3)11-17(2)12-19(24)4/h8-9,11-13,15H,6-7,10,14H2,1-5H3. The van der Waals surface area contributed by atoms with E-state index >= 15 is 0 Å². The Kier molecular flexibility index (Phi) is 5.65. The molecular formula is C25H29N3OS. The third-order valence-corrected chi connectivity index (χ3v) is 6.58. The van der Waals surface area contributed by atoms with E-state index in [1.807, 2.05) is 0 Å². The summed E-state index contributed by atoms with van der Waals surface area (Å²) in [4.78, 5) is 21.7. The van der Waals surface area contributed by atoms with Gasteiger partial charge in [0.15, 0.2) is 5.13 Å². The van der Waals surface area contributed by atoms with Crippen molar-refractivity contribution < 1.29 is 4.79 Å². The first-order valence-corrected chi connectivity index (χ1v) is 11.4. The summed E-state index contributed by atoms with van der Waals surface area (Å²) in [7, 11) is 0. The molecule has 0 radical (unpaired) electrons. The highest BCUT2D eigenvalue weighted by molar-refractivity contribution is 7.14.